The van der Waals surface area contributed by atoms with Crippen LogP contribution < -0.4 is 0 Å². The Bertz CT molecular complexity index is 414. The van der Waals surface area contributed by atoms with Gasteiger partial charge in [0.2, 0.25) is 0 Å². The zero-order valence-corrected chi connectivity index (χ0v) is 8.84. The fourth-order valence-electron chi connectivity index (χ4n) is 1.97. The molecule has 0 aromatic carbocycles. The number of carbonyl (C=O) groups is 2. The van der Waals surface area contributed by atoms with Gasteiger partial charge in [-0.2, -0.15) is 0 Å². The van der Waals surface area contributed by atoms with Crippen molar-refractivity contribution in [3.8, 4) is 0 Å². The van der Waals surface area contributed by atoms with Crippen LogP contribution in [-0.4, -0.2) is 39.1 Å². The Balaban J connectivity index is 2.27. The summed E-state index contributed by atoms with van der Waals surface area (Å²) in [5, 5.41) is 12.7. The first kappa shape index (κ1) is 10.7. The SMILES string of the molecule is CC1(C(=O)O)CCCN1C(=O)c1ccon1. The predicted octanol–water partition coefficient (Wildman–Crippen LogP) is 0.754. The van der Waals surface area contributed by atoms with Crippen LogP contribution in [-0.2, 0) is 4.79 Å². The van der Waals surface area contributed by atoms with Gasteiger partial charge in [0.25, 0.3) is 5.91 Å². The molecule has 1 aromatic heterocycles. The number of aromatic nitrogens is 1. The number of hydrogen-bond acceptors (Lipinski definition) is 4. The van der Waals surface area contributed by atoms with Crippen LogP contribution in [0.4, 0.5) is 0 Å². The summed E-state index contributed by atoms with van der Waals surface area (Å²) in [7, 11) is 0. The highest BCUT2D eigenvalue weighted by Crippen LogP contribution is 2.30. The molecule has 1 aliphatic rings. The van der Waals surface area contributed by atoms with E-state index in [1.54, 1.807) is 6.92 Å². The van der Waals surface area contributed by atoms with E-state index in [-0.39, 0.29) is 5.69 Å². The van der Waals surface area contributed by atoms with Crippen molar-refractivity contribution < 1.29 is 19.2 Å². The second-order valence-corrected chi connectivity index (χ2v) is 4.02. The third kappa shape index (κ3) is 1.46. The molecule has 86 valence electrons. The lowest BCUT2D eigenvalue weighted by molar-refractivity contribution is -0.147. The second-order valence-electron chi connectivity index (χ2n) is 4.02. The van der Waals surface area contributed by atoms with Crippen molar-refractivity contribution in [3.63, 3.8) is 0 Å². The average molecular weight is 224 g/mol. The van der Waals surface area contributed by atoms with Gasteiger partial charge >= 0.3 is 5.97 Å². The number of hydrogen-bond donors (Lipinski definition) is 1. The van der Waals surface area contributed by atoms with Crippen LogP contribution in [0.1, 0.15) is 30.3 Å². The predicted molar refractivity (Wildman–Crippen MR) is 52.8 cm³/mol. The molecule has 1 atom stereocenters. The maximum Gasteiger partial charge on any atom is 0.329 e. The molecule has 0 radical (unpaired) electrons. The van der Waals surface area contributed by atoms with Crippen LogP contribution in [0.5, 0.6) is 0 Å². The minimum atomic E-state index is -1.13. The van der Waals surface area contributed by atoms with Gasteiger partial charge in [-0.05, 0) is 19.8 Å². The highest BCUT2D eigenvalue weighted by atomic mass is 16.5. The van der Waals surface area contributed by atoms with Gasteiger partial charge in [0, 0.05) is 12.6 Å². The van der Waals surface area contributed by atoms with Crippen molar-refractivity contribution in [2.24, 2.45) is 0 Å². The summed E-state index contributed by atoms with van der Waals surface area (Å²) in [5.41, 5.74) is -0.981. The topological polar surface area (TPSA) is 83.6 Å². The number of likely N-dealkylation sites (tertiary alicyclic amines) is 1. The summed E-state index contributed by atoms with van der Waals surface area (Å²) in [4.78, 5) is 24.5. The molecule has 2 heterocycles. The highest BCUT2D eigenvalue weighted by Gasteiger charge is 2.46. The Morgan fingerprint density at radius 3 is 2.94 bits per heavy atom. The molecular formula is C10H12N2O4. The van der Waals surface area contributed by atoms with E-state index < -0.39 is 17.4 Å². The molecule has 0 saturated carbocycles. The van der Waals surface area contributed by atoms with Gasteiger partial charge in [0.15, 0.2) is 5.69 Å². The van der Waals surface area contributed by atoms with Gasteiger partial charge in [0.1, 0.15) is 11.8 Å². The summed E-state index contributed by atoms with van der Waals surface area (Å²) in [6, 6.07) is 1.43. The van der Waals surface area contributed by atoms with E-state index in [0.717, 1.165) is 0 Å². The molecule has 1 aliphatic heterocycles. The lowest BCUT2D eigenvalue weighted by atomic mass is 9.99. The largest absolute Gasteiger partial charge is 0.480 e. The summed E-state index contributed by atoms with van der Waals surface area (Å²) < 4.78 is 4.58. The van der Waals surface area contributed by atoms with Gasteiger partial charge in [-0.1, -0.05) is 5.16 Å². The molecule has 1 fully saturated rings. The Morgan fingerprint density at radius 1 is 1.62 bits per heavy atom. The van der Waals surface area contributed by atoms with Crippen LogP contribution in [0.3, 0.4) is 0 Å². The summed E-state index contributed by atoms with van der Waals surface area (Å²) in [5.74, 6) is -1.38. The maximum atomic E-state index is 12.0. The van der Waals surface area contributed by atoms with Crippen LogP contribution in [0, 0.1) is 0 Å². The fraction of sp³-hybridized carbons (Fsp3) is 0.500. The number of aliphatic carboxylic acids is 1. The van der Waals surface area contributed by atoms with Crippen molar-refractivity contribution in [2.75, 3.05) is 6.54 Å². The van der Waals surface area contributed by atoms with Gasteiger partial charge in [0.05, 0.1) is 0 Å². The first-order valence-electron chi connectivity index (χ1n) is 5.01. The van der Waals surface area contributed by atoms with E-state index >= 15 is 0 Å². The first-order valence-corrected chi connectivity index (χ1v) is 5.01. The zero-order chi connectivity index (χ0) is 11.8. The van der Waals surface area contributed by atoms with E-state index in [2.05, 4.69) is 9.68 Å². The molecule has 1 saturated heterocycles. The van der Waals surface area contributed by atoms with Crippen molar-refractivity contribution >= 4 is 11.9 Å². The van der Waals surface area contributed by atoms with Crippen molar-refractivity contribution in [1.29, 1.82) is 0 Å². The van der Waals surface area contributed by atoms with Crippen LogP contribution in [0.25, 0.3) is 0 Å². The number of carbonyl (C=O) groups excluding carboxylic acids is 1. The van der Waals surface area contributed by atoms with Gasteiger partial charge in [-0.3, -0.25) is 4.79 Å². The molecule has 0 aliphatic carbocycles. The van der Waals surface area contributed by atoms with E-state index in [1.165, 1.54) is 17.2 Å². The smallest absolute Gasteiger partial charge is 0.329 e. The first-order chi connectivity index (χ1) is 7.55. The molecule has 0 bridgehead atoms. The summed E-state index contributed by atoms with van der Waals surface area (Å²) in [6.45, 7) is 1.99. The summed E-state index contributed by atoms with van der Waals surface area (Å²) >= 11 is 0. The molecule has 1 amide bonds. The zero-order valence-electron chi connectivity index (χ0n) is 8.84. The third-order valence-corrected chi connectivity index (χ3v) is 3.00. The number of amides is 1. The molecule has 0 spiro atoms. The maximum absolute atomic E-state index is 12.0. The van der Waals surface area contributed by atoms with Crippen molar-refractivity contribution in [1.82, 2.24) is 10.1 Å². The number of carboxylic acid groups (broad SMARTS) is 1. The van der Waals surface area contributed by atoms with Crippen LogP contribution in [0.15, 0.2) is 16.9 Å². The molecular weight excluding hydrogens is 212 g/mol. The van der Waals surface area contributed by atoms with E-state index in [0.29, 0.717) is 19.4 Å². The molecule has 1 N–H and O–H groups in total. The Morgan fingerprint density at radius 2 is 2.38 bits per heavy atom. The third-order valence-electron chi connectivity index (χ3n) is 3.00. The van der Waals surface area contributed by atoms with E-state index in [4.69, 9.17) is 5.11 Å². The Labute approximate surface area is 91.8 Å². The Kier molecular flexibility index (Phi) is 2.41. The van der Waals surface area contributed by atoms with E-state index in [1.807, 2.05) is 0 Å². The number of nitrogens with zero attached hydrogens (tertiary/aromatic N) is 2. The minimum absolute atomic E-state index is 0.148. The van der Waals surface area contributed by atoms with Crippen LogP contribution in [0.2, 0.25) is 0 Å². The van der Waals surface area contributed by atoms with Crippen molar-refractivity contribution in [2.45, 2.75) is 25.3 Å². The molecule has 6 nitrogen and oxygen atoms in total. The number of rotatable bonds is 2. The molecule has 2 rings (SSSR count). The second kappa shape index (κ2) is 3.62. The van der Waals surface area contributed by atoms with E-state index in [9.17, 15) is 9.59 Å². The normalized spacial score (nSPS) is 24.7. The number of carboxylic acids is 1. The molecule has 16 heavy (non-hydrogen) atoms. The summed E-state index contributed by atoms with van der Waals surface area (Å²) in [6.07, 6.45) is 2.44. The van der Waals surface area contributed by atoms with Crippen molar-refractivity contribution in [3.05, 3.63) is 18.0 Å². The molecule has 1 aromatic rings. The molecule has 6 heteroatoms. The average Bonchev–Trinajstić information content (AvgIpc) is 2.85. The lowest BCUT2D eigenvalue weighted by Crippen LogP contribution is -2.50. The van der Waals surface area contributed by atoms with Gasteiger partial charge in [-0.25, -0.2) is 4.79 Å². The van der Waals surface area contributed by atoms with Gasteiger partial charge in [-0.15, -0.1) is 0 Å². The van der Waals surface area contributed by atoms with Crippen LogP contribution >= 0.6 is 0 Å². The quantitative estimate of drug-likeness (QED) is 0.801. The highest BCUT2D eigenvalue weighted by molar-refractivity contribution is 5.96. The fourth-order valence-corrected chi connectivity index (χ4v) is 1.97. The minimum Gasteiger partial charge on any atom is -0.480 e. The lowest BCUT2D eigenvalue weighted by Gasteiger charge is -2.30. The monoisotopic (exact) mass is 224 g/mol. The Hall–Kier alpha value is -1.85. The standard InChI is InChI=1S/C10H12N2O4/c1-10(9(14)15)4-2-5-12(10)8(13)7-3-6-16-11-7/h3,6H,2,4-5H2,1H3,(H,14,15). The molecule has 1 unspecified atom stereocenters. The van der Waals surface area contributed by atoms with Gasteiger partial charge < -0.3 is 14.5 Å².